The summed E-state index contributed by atoms with van der Waals surface area (Å²) >= 11 is 0. The number of nitrogens with zero attached hydrogens (tertiary/aromatic N) is 1. The Labute approximate surface area is 145 Å². The minimum absolute atomic E-state index is 0.0776. The second kappa shape index (κ2) is 8.52. The quantitative estimate of drug-likeness (QED) is 0.898. The van der Waals surface area contributed by atoms with Gasteiger partial charge in [-0.2, -0.15) is 0 Å². The largest absolute Gasteiger partial charge is 0.496 e. The average molecular weight is 330 g/mol. The molecule has 1 aromatic carbocycles. The molecule has 2 fully saturated rings. The Balaban J connectivity index is 1.66. The zero-order valence-electron chi connectivity index (χ0n) is 14.8. The first-order chi connectivity index (χ1) is 11.8. The van der Waals surface area contributed by atoms with Gasteiger partial charge in [-0.05, 0) is 18.4 Å². The van der Waals surface area contributed by atoms with Crippen molar-refractivity contribution in [1.82, 2.24) is 10.2 Å². The maximum Gasteiger partial charge on any atom is 0.223 e. The number of carbonyl (C=O) groups is 1. The second-order valence-electron chi connectivity index (χ2n) is 7.09. The predicted octanol–water partition coefficient (Wildman–Crippen LogP) is 3.53. The molecule has 1 aliphatic carbocycles. The van der Waals surface area contributed by atoms with Gasteiger partial charge in [0.1, 0.15) is 5.75 Å². The Morgan fingerprint density at radius 3 is 2.83 bits per heavy atom. The molecule has 24 heavy (non-hydrogen) atoms. The first-order valence-electron chi connectivity index (χ1n) is 9.42. The van der Waals surface area contributed by atoms with Gasteiger partial charge in [0.2, 0.25) is 5.91 Å². The third kappa shape index (κ3) is 4.10. The van der Waals surface area contributed by atoms with Gasteiger partial charge in [-0.3, -0.25) is 4.79 Å². The highest BCUT2D eigenvalue weighted by Gasteiger charge is 2.29. The van der Waals surface area contributed by atoms with E-state index in [0.717, 1.165) is 43.3 Å². The minimum Gasteiger partial charge on any atom is -0.496 e. The lowest BCUT2D eigenvalue weighted by molar-refractivity contribution is -0.135. The predicted molar refractivity (Wildman–Crippen MR) is 96.1 cm³/mol. The number of hydrogen-bond acceptors (Lipinski definition) is 3. The summed E-state index contributed by atoms with van der Waals surface area (Å²) < 4.78 is 5.52. The standard InChI is InChI=1S/C20H30N2O2/c1-24-19-10-6-5-9-17(19)18-15-21-13-14-22(18)20(23)12-11-16-7-3-2-4-8-16/h5-6,9-10,16,18,21H,2-4,7-8,11-15H2,1H3. The Bertz CT molecular complexity index is 540. The number of hydrogen-bond donors (Lipinski definition) is 1. The summed E-state index contributed by atoms with van der Waals surface area (Å²) in [6.07, 6.45) is 8.43. The van der Waals surface area contributed by atoms with Crippen LogP contribution in [-0.2, 0) is 4.79 Å². The van der Waals surface area contributed by atoms with Crippen molar-refractivity contribution in [1.29, 1.82) is 0 Å². The van der Waals surface area contributed by atoms with Crippen molar-refractivity contribution in [3.8, 4) is 5.75 Å². The van der Waals surface area contributed by atoms with E-state index >= 15 is 0 Å². The van der Waals surface area contributed by atoms with Crippen LogP contribution in [-0.4, -0.2) is 37.6 Å². The molecule has 1 heterocycles. The van der Waals surface area contributed by atoms with Gasteiger partial charge in [0, 0.05) is 31.6 Å². The Kier molecular flexibility index (Phi) is 6.13. The summed E-state index contributed by atoms with van der Waals surface area (Å²) in [5.41, 5.74) is 1.11. The van der Waals surface area contributed by atoms with Crippen LogP contribution in [0.5, 0.6) is 5.75 Å². The van der Waals surface area contributed by atoms with E-state index in [1.54, 1.807) is 7.11 Å². The maximum absolute atomic E-state index is 12.9. The molecule has 1 unspecified atom stereocenters. The molecule has 1 amide bonds. The van der Waals surface area contributed by atoms with E-state index in [2.05, 4.69) is 16.3 Å². The van der Waals surface area contributed by atoms with Gasteiger partial charge in [-0.15, -0.1) is 0 Å². The second-order valence-corrected chi connectivity index (χ2v) is 7.09. The smallest absolute Gasteiger partial charge is 0.223 e. The highest BCUT2D eigenvalue weighted by molar-refractivity contribution is 5.77. The topological polar surface area (TPSA) is 41.6 Å². The van der Waals surface area contributed by atoms with Gasteiger partial charge in [-0.25, -0.2) is 0 Å². The average Bonchev–Trinajstić information content (AvgIpc) is 2.67. The lowest BCUT2D eigenvalue weighted by Crippen LogP contribution is -2.48. The van der Waals surface area contributed by atoms with Gasteiger partial charge in [0.25, 0.3) is 0 Å². The van der Waals surface area contributed by atoms with E-state index in [1.807, 2.05) is 18.2 Å². The van der Waals surface area contributed by atoms with Crippen LogP contribution in [0.3, 0.4) is 0 Å². The molecule has 1 aliphatic heterocycles. The van der Waals surface area contributed by atoms with Gasteiger partial charge >= 0.3 is 0 Å². The SMILES string of the molecule is COc1ccccc1C1CNCCN1C(=O)CCC1CCCCC1. The molecule has 1 saturated carbocycles. The van der Waals surface area contributed by atoms with Crippen LogP contribution in [0.4, 0.5) is 0 Å². The first kappa shape index (κ1) is 17.3. The fourth-order valence-corrected chi connectivity index (χ4v) is 4.17. The zero-order chi connectivity index (χ0) is 16.8. The van der Waals surface area contributed by atoms with E-state index in [-0.39, 0.29) is 6.04 Å². The Morgan fingerprint density at radius 2 is 2.04 bits per heavy atom. The molecule has 2 aliphatic rings. The van der Waals surface area contributed by atoms with Crippen molar-refractivity contribution >= 4 is 5.91 Å². The molecule has 0 radical (unpaired) electrons. The number of methoxy groups -OCH3 is 1. The molecular formula is C20H30N2O2. The lowest BCUT2D eigenvalue weighted by atomic mass is 9.86. The van der Waals surface area contributed by atoms with Crippen LogP contribution >= 0.6 is 0 Å². The molecule has 1 atom stereocenters. The number of benzene rings is 1. The van der Waals surface area contributed by atoms with E-state index < -0.39 is 0 Å². The molecule has 0 aromatic heterocycles. The molecule has 1 N–H and O–H groups in total. The van der Waals surface area contributed by atoms with Crippen LogP contribution in [0.15, 0.2) is 24.3 Å². The van der Waals surface area contributed by atoms with E-state index in [1.165, 1.54) is 32.1 Å². The van der Waals surface area contributed by atoms with Gasteiger partial charge in [-0.1, -0.05) is 50.3 Å². The van der Waals surface area contributed by atoms with Crippen LogP contribution in [0.25, 0.3) is 0 Å². The summed E-state index contributed by atoms with van der Waals surface area (Å²) in [5.74, 6) is 1.93. The monoisotopic (exact) mass is 330 g/mol. The lowest BCUT2D eigenvalue weighted by Gasteiger charge is -2.37. The maximum atomic E-state index is 12.9. The van der Waals surface area contributed by atoms with Crippen molar-refractivity contribution in [3.63, 3.8) is 0 Å². The molecule has 1 saturated heterocycles. The fraction of sp³-hybridized carbons (Fsp3) is 0.650. The summed E-state index contributed by atoms with van der Waals surface area (Å²) in [6.45, 7) is 2.46. The van der Waals surface area contributed by atoms with Crippen molar-refractivity contribution < 1.29 is 9.53 Å². The molecular weight excluding hydrogens is 300 g/mol. The number of amides is 1. The highest BCUT2D eigenvalue weighted by atomic mass is 16.5. The van der Waals surface area contributed by atoms with Crippen molar-refractivity contribution in [3.05, 3.63) is 29.8 Å². The first-order valence-corrected chi connectivity index (χ1v) is 9.42. The summed E-state index contributed by atoms with van der Waals surface area (Å²) in [7, 11) is 1.70. The third-order valence-corrected chi connectivity index (χ3v) is 5.55. The van der Waals surface area contributed by atoms with Gasteiger partial charge in [0.15, 0.2) is 0 Å². The number of piperazine rings is 1. The Morgan fingerprint density at radius 1 is 1.25 bits per heavy atom. The van der Waals surface area contributed by atoms with E-state index in [9.17, 15) is 4.79 Å². The van der Waals surface area contributed by atoms with Gasteiger partial charge in [0.05, 0.1) is 13.2 Å². The molecule has 132 valence electrons. The van der Waals surface area contributed by atoms with Crippen LogP contribution in [0.1, 0.15) is 56.6 Å². The minimum atomic E-state index is 0.0776. The molecule has 1 aromatic rings. The Hall–Kier alpha value is -1.55. The fourth-order valence-electron chi connectivity index (χ4n) is 4.17. The van der Waals surface area contributed by atoms with Gasteiger partial charge < -0.3 is 15.0 Å². The normalized spacial score (nSPS) is 22.4. The zero-order valence-corrected chi connectivity index (χ0v) is 14.8. The van der Waals surface area contributed by atoms with Crippen LogP contribution < -0.4 is 10.1 Å². The summed E-state index contributed by atoms with van der Waals surface area (Å²) in [4.78, 5) is 14.9. The molecule has 0 bridgehead atoms. The molecule has 4 heteroatoms. The number of rotatable bonds is 5. The molecule has 0 spiro atoms. The summed E-state index contributed by atoms with van der Waals surface area (Å²) in [6, 6.07) is 8.14. The molecule has 4 nitrogen and oxygen atoms in total. The molecule has 3 rings (SSSR count). The highest BCUT2D eigenvalue weighted by Crippen LogP contribution is 2.32. The number of carbonyl (C=O) groups excluding carboxylic acids is 1. The number of para-hydroxylation sites is 1. The van der Waals surface area contributed by atoms with E-state index in [0.29, 0.717) is 12.3 Å². The van der Waals surface area contributed by atoms with Crippen LogP contribution in [0, 0.1) is 5.92 Å². The third-order valence-electron chi connectivity index (χ3n) is 5.55. The van der Waals surface area contributed by atoms with Crippen molar-refractivity contribution in [2.45, 2.75) is 51.0 Å². The van der Waals surface area contributed by atoms with E-state index in [4.69, 9.17) is 4.74 Å². The number of nitrogens with one attached hydrogen (secondary N) is 1. The van der Waals surface area contributed by atoms with Crippen LogP contribution in [0.2, 0.25) is 0 Å². The summed E-state index contributed by atoms with van der Waals surface area (Å²) in [5, 5.41) is 3.43. The number of ether oxygens (including phenoxy) is 1. The van der Waals surface area contributed by atoms with Crippen molar-refractivity contribution in [2.75, 3.05) is 26.7 Å². The van der Waals surface area contributed by atoms with Crippen molar-refractivity contribution in [2.24, 2.45) is 5.92 Å².